The van der Waals surface area contributed by atoms with Crippen LogP contribution in [0.2, 0.25) is 0 Å². The van der Waals surface area contributed by atoms with Gasteiger partial charge in [0.1, 0.15) is 15.6 Å². The van der Waals surface area contributed by atoms with Gasteiger partial charge in [-0.05, 0) is 6.92 Å². The average molecular weight is 485 g/mol. The monoisotopic (exact) mass is 485 g/mol. The zero-order chi connectivity index (χ0) is 22.8. The van der Waals surface area contributed by atoms with Gasteiger partial charge >= 0.3 is 12.8 Å². The Hall–Kier alpha value is -2.88. The van der Waals surface area contributed by atoms with Crippen molar-refractivity contribution in [3.05, 3.63) is 35.6 Å². The van der Waals surface area contributed by atoms with Crippen LogP contribution in [0.3, 0.4) is 0 Å². The molecular formula is C15H12F5N5O4S2. The molecule has 0 saturated heterocycles. The number of nitrogens with zero attached hydrogens (tertiary/aromatic N) is 5. The number of aromatic nitrogens is 4. The van der Waals surface area contributed by atoms with Crippen LogP contribution in [0.5, 0.6) is 5.75 Å². The van der Waals surface area contributed by atoms with Crippen molar-refractivity contribution in [1.82, 2.24) is 20.2 Å². The van der Waals surface area contributed by atoms with Gasteiger partial charge in [0.25, 0.3) is 11.8 Å². The summed E-state index contributed by atoms with van der Waals surface area (Å²) in [6.07, 6.45) is -4.89. The van der Waals surface area contributed by atoms with Crippen LogP contribution in [-0.2, 0) is 16.6 Å². The van der Waals surface area contributed by atoms with Crippen LogP contribution in [0.4, 0.5) is 27.6 Å². The minimum Gasteiger partial charge on any atom is -0.414 e. The van der Waals surface area contributed by atoms with Crippen molar-refractivity contribution in [3.8, 4) is 16.5 Å². The molecule has 0 amide bonds. The van der Waals surface area contributed by atoms with Crippen LogP contribution in [0.25, 0.3) is 10.8 Å². The number of thiazole rings is 1. The standard InChI is InChI=1S/C15H12F5N5O4S2/c1-2-31(26,27)25(8-3-9(5-21-4-8)29-15(18,19)20)7-11-22-6-10(30-11)13-23-24-14(28-13)12(16)17/h3-6,12H,2,7H2,1H3. The lowest BCUT2D eigenvalue weighted by molar-refractivity contribution is -0.274. The molecule has 3 heterocycles. The van der Waals surface area contributed by atoms with Crippen molar-refractivity contribution < 1.29 is 39.5 Å². The Kier molecular flexibility index (Phi) is 6.40. The van der Waals surface area contributed by atoms with E-state index >= 15 is 0 Å². The van der Waals surface area contributed by atoms with Gasteiger partial charge in [0.15, 0.2) is 0 Å². The molecule has 3 aromatic heterocycles. The Balaban J connectivity index is 1.90. The largest absolute Gasteiger partial charge is 0.573 e. The minimum atomic E-state index is -4.99. The zero-order valence-corrected chi connectivity index (χ0v) is 17.0. The summed E-state index contributed by atoms with van der Waals surface area (Å²) in [5.74, 6) is -2.18. The molecule has 168 valence electrons. The first kappa shape index (κ1) is 22.8. The van der Waals surface area contributed by atoms with Crippen LogP contribution in [0.15, 0.2) is 29.1 Å². The van der Waals surface area contributed by atoms with Gasteiger partial charge in [-0.3, -0.25) is 9.29 Å². The summed E-state index contributed by atoms with van der Waals surface area (Å²) in [6, 6.07) is 0.870. The third-order valence-electron chi connectivity index (χ3n) is 3.59. The number of rotatable bonds is 8. The highest BCUT2D eigenvalue weighted by Gasteiger charge is 2.32. The topological polar surface area (TPSA) is 111 Å². The predicted molar refractivity (Wildman–Crippen MR) is 96.9 cm³/mol. The first-order valence-electron chi connectivity index (χ1n) is 8.26. The molecule has 0 saturated carbocycles. The second kappa shape index (κ2) is 8.70. The van der Waals surface area contributed by atoms with Gasteiger partial charge in [-0.15, -0.1) is 34.7 Å². The molecule has 0 unspecified atom stereocenters. The van der Waals surface area contributed by atoms with Gasteiger partial charge in [-0.1, -0.05) is 0 Å². The lowest BCUT2D eigenvalue weighted by atomic mass is 10.4. The first-order chi connectivity index (χ1) is 14.5. The van der Waals surface area contributed by atoms with E-state index in [1.54, 1.807) is 0 Å². The fraction of sp³-hybridized carbons (Fsp3) is 0.333. The second-order valence-electron chi connectivity index (χ2n) is 5.70. The van der Waals surface area contributed by atoms with Crippen molar-refractivity contribution in [2.24, 2.45) is 0 Å². The molecule has 0 aliphatic heterocycles. The van der Waals surface area contributed by atoms with Crippen molar-refractivity contribution in [1.29, 1.82) is 0 Å². The van der Waals surface area contributed by atoms with Crippen LogP contribution >= 0.6 is 11.3 Å². The molecule has 0 fully saturated rings. The fourth-order valence-electron chi connectivity index (χ4n) is 2.27. The molecule has 9 nitrogen and oxygen atoms in total. The molecule has 31 heavy (non-hydrogen) atoms. The minimum absolute atomic E-state index is 0.182. The normalized spacial score (nSPS) is 12.4. The van der Waals surface area contributed by atoms with Crippen LogP contribution < -0.4 is 9.04 Å². The van der Waals surface area contributed by atoms with Gasteiger partial charge in [-0.2, -0.15) is 8.78 Å². The van der Waals surface area contributed by atoms with Gasteiger partial charge < -0.3 is 9.15 Å². The quantitative estimate of drug-likeness (QED) is 0.443. The van der Waals surface area contributed by atoms with Gasteiger partial charge in [-0.25, -0.2) is 13.4 Å². The lowest BCUT2D eigenvalue weighted by Gasteiger charge is -2.23. The number of ether oxygens (including phenoxy) is 1. The van der Waals surface area contributed by atoms with Crippen LogP contribution in [0.1, 0.15) is 24.2 Å². The Morgan fingerprint density at radius 3 is 2.58 bits per heavy atom. The Morgan fingerprint density at radius 2 is 1.97 bits per heavy atom. The van der Waals surface area contributed by atoms with Crippen molar-refractivity contribution >= 4 is 27.0 Å². The maximum Gasteiger partial charge on any atom is 0.573 e. The average Bonchev–Trinajstić information content (AvgIpc) is 3.34. The predicted octanol–water partition coefficient (Wildman–Crippen LogP) is 3.78. The first-order valence-corrected chi connectivity index (χ1v) is 10.7. The molecule has 0 atom stereocenters. The highest BCUT2D eigenvalue weighted by molar-refractivity contribution is 7.92. The Bertz CT molecular complexity index is 1150. The summed E-state index contributed by atoms with van der Waals surface area (Å²) in [6.45, 7) is 0.983. The molecule has 3 aromatic rings. The Morgan fingerprint density at radius 1 is 1.23 bits per heavy atom. The molecule has 0 aromatic carbocycles. The molecule has 0 aliphatic rings. The van der Waals surface area contributed by atoms with E-state index in [0.29, 0.717) is 0 Å². The molecule has 0 radical (unpaired) electrons. The summed E-state index contributed by atoms with van der Waals surface area (Å²) in [5.41, 5.74) is -0.182. The number of sulfonamides is 1. The summed E-state index contributed by atoms with van der Waals surface area (Å²) in [4.78, 5) is 7.81. The summed E-state index contributed by atoms with van der Waals surface area (Å²) in [7, 11) is -3.96. The smallest absolute Gasteiger partial charge is 0.414 e. The number of hydrogen-bond donors (Lipinski definition) is 0. The molecule has 0 bridgehead atoms. The zero-order valence-electron chi connectivity index (χ0n) is 15.4. The van der Waals surface area contributed by atoms with Gasteiger partial charge in [0.05, 0.1) is 36.6 Å². The van der Waals surface area contributed by atoms with Crippen LogP contribution in [0, 0.1) is 0 Å². The summed E-state index contributed by atoms with van der Waals surface area (Å²) in [5, 5.41) is 6.86. The number of alkyl halides is 5. The fourth-order valence-corrected chi connectivity index (χ4v) is 4.23. The number of hydrogen-bond acceptors (Lipinski definition) is 9. The van der Waals surface area contributed by atoms with E-state index in [1.165, 1.54) is 13.1 Å². The van der Waals surface area contributed by atoms with Gasteiger partial charge in [0.2, 0.25) is 10.0 Å². The van der Waals surface area contributed by atoms with E-state index in [4.69, 9.17) is 4.42 Å². The Labute approximate surface area is 175 Å². The lowest BCUT2D eigenvalue weighted by Crippen LogP contribution is -2.32. The van der Waals surface area contributed by atoms with Gasteiger partial charge in [0, 0.05) is 6.07 Å². The number of pyridine rings is 1. The summed E-state index contributed by atoms with van der Waals surface area (Å²) >= 11 is 0.885. The molecule has 0 N–H and O–H groups in total. The second-order valence-corrected chi connectivity index (χ2v) is 9.00. The van der Waals surface area contributed by atoms with Crippen molar-refractivity contribution in [2.45, 2.75) is 26.3 Å². The molecule has 0 spiro atoms. The molecule has 3 rings (SSSR count). The van der Waals surface area contributed by atoms with E-state index in [0.717, 1.165) is 34.1 Å². The van der Waals surface area contributed by atoms with E-state index in [2.05, 4.69) is 24.9 Å². The van der Waals surface area contributed by atoms with E-state index in [9.17, 15) is 30.4 Å². The van der Waals surface area contributed by atoms with E-state index in [-0.39, 0.29) is 33.8 Å². The number of halogens is 5. The molecular weight excluding hydrogens is 473 g/mol. The van der Waals surface area contributed by atoms with E-state index < -0.39 is 34.5 Å². The van der Waals surface area contributed by atoms with Crippen LogP contribution in [-0.4, -0.2) is 40.7 Å². The number of anilines is 1. The SMILES string of the molecule is CCS(=O)(=O)N(Cc1ncc(-c2nnc(C(F)F)o2)s1)c1cncc(OC(F)(F)F)c1. The molecule has 0 aliphatic carbocycles. The third kappa shape index (κ3) is 5.63. The maximum atomic E-state index is 12.6. The third-order valence-corrected chi connectivity index (χ3v) is 6.30. The highest BCUT2D eigenvalue weighted by atomic mass is 32.2. The highest BCUT2D eigenvalue weighted by Crippen LogP contribution is 2.31. The maximum absolute atomic E-state index is 12.6. The van der Waals surface area contributed by atoms with E-state index in [1.807, 2.05) is 0 Å². The summed E-state index contributed by atoms with van der Waals surface area (Å²) < 4.78 is 97.1. The van der Waals surface area contributed by atoms with Crippen molar-refractivity contribution in [2.75, 3.05) is 10.1 Å². The van der Waals surface area contributed by atoms with Crippen molar-refractivity contribution in [3.63, 3.8) is 0 Å². The molecule has 16 heteroatoms.